The first kappa shape index (κ1) is 20.1. The number of rotatable bonds is 14. The van der Waals surface area contributed by atoms with Gasteiger partial charge in [-0.05, 0) is 12.1 Å². The van der Waals surface area contributed by atoms with Crippen LogP contribution in [0.15, 0.2) is 43.0 Å². The molecular formula is C17H24O7. The summed E-state index contributed by atoms with van der Waals surface area (Å²) in [6, 6.07) is 8.99. The number of aliphatic hydroxyl groups excluding tert-OH is 1. The summed E-state index contributed by atoms with van der Waals surface area (Å²) >= 11 is 0. The van der Waals surface area contributed by atoms with Crippen LogP contribution in [0.3, 0.4) is 0 Å². The van der Waals surface area contributed by atoms with Gasteiger partial charge >= 0.3 is 5.97 Å². The highest BCUT2D eigenvalue weighted by Gasteiger charge is 2.14. The maximum absolute atomic E-state index is 11.3. The van der Waals surface area contributed by atoms with Gasteiger partial charge in [0, 0.05) is 6.08 Å². The van der Waals surface area contributed by atoms with Gasteiger partial charge in [0.05, 0.1) is 39.6 Å². The SMILES string of the molecule is C=CC(=O)OC(COCCOCCOCCO)Oc1ccccc1. The first-order valence-electron chi connectivity index (χ1n) is 7.65. The van der Waals surface area contributed by atoms with E-state index in [2.05, 4.69) is 6.58 Å². The minimum absolute atomic E-state index is 0.00462. The molecule has 0 aromatic heterocycles. The molecule has 0 saturated carbocycles. The van der Waals surface area contributed by atoms with E-state index in [1.54, 1.807) is 12.1 Å². The lowest BCUT2D eigenvalue weighted by Gasteiger charge is -2.18. The number of benzene rings is 1. The predicted molar refractivity (Wildman–Crippen MR) is 86.7 cm³/mol. The average molecular weight is 340 g/mol. The van der Waals surface area contributed by atoms with Crippen LogP contribution in [0.4, 0.5) is 0 Å². The molecule has 7 nitrogen and oxygen atoms in total. The second-order valence-electron chi connectivity index (χ2n) is 4.52. The van der Waals surface area contributed by atoms with Gasteiger partial charge in [-0.3, -0.25) is 0 Å². The van der Waals surface area contributed by atoms with Crippen molar-refractivity contribution in [1.29, 1.82) is 0 Å². The molecule has 7 heteroatoms. The lowest BCUT2D eigenvalue weighted by molar-refractivity contribution is -0.166. The summed E-state index contributed by atoms with van der Waals surface area (Å²) in [5.41, 5.74) is 0. The molecule has 1 aromatic carbocycles. The first-order valence-corrected chi connectivity index (χ1v) is 7.65. The van der Waals surface area contributed by atoms with Crippen molar-refractivity contribution in [2.24, 2.45) is 0 Å². The molecule has 1 atom stereocenters. The molecule has 0 aliphatic carbocycles. The Hall–Kier alpha value is -1.93. The lowest BCUT2D eigenvalue weighted by atomic mass is 10.3. The van der Waals surface area contributed by atoms with Crippen molar-refractivity contribution >= 4 is 5.97 Å². The van der Waals surface area contributed by atoms with Crippen molar-refractivity contribution in [1.82, 2.24) is 0 Å². The number of para-hydroxylation sites is 1. The highest BCUT2D eigenvalue weighted by Crippen LogP contribution is 2.12. The summed E-state index contributed by atoms with van der Waals surface area (Å²) < 4.78 is 26.4. The summed E-state index contributed by atoms with van der Waals surface area (Å²) in [6.07, 6.45) is 0.197. The normalized spacial score (nSPS) is 11.7. The molecule has 1 N–H and O–H groups in total. The van der Waals surface area contributed by atoms with Gasteiger partial charge in [0.2, 0.25) is 0 Å². The van der Waals surface area contributed by atoms with Crippen LogP contribution in [0.25, 0.3) is 0 Å². The molecule has 0 radical (unpaired) electrons. The molecule has 24 heavy (non-hydrogen) atoms. The Kier molecular flexibility index (Phi) is 11.3. The van der Waals surface area contributed by atoms with E-state index in [1.807, 2.05) is 18.2 Å². The van der Waals surface area contributed by atoms with Gasteiger partial charge in [-0.15, -0.1) is 0 Å². The summed E-state index contributed by atoms with van der Waals surface area (Å²) in [5, 5.41) is 8.54. The fraction of sp³-hybridized carbons (Fsp3) is 0.471. The Balaban J connectivity index is 2.22. The van der Waals surface area contributed by atoms with E-state index in [0.29, 0.717) is 38.8 Å². The summed E-state index contributed by atoms with van der Waals surface area (Å²) in [5.74, 6) is -0.0166. The number of hydrogen-bond donors (Lipinski definition) is 1. The van der Waals surface area contributed by atoms with Crippen LogP contribution in [0.5, 0.6) is 5.75 Å². The van der Waals surface area contributed by atoms with Gasteiger partial charge in [-0.2, -0.15) is 0 Å². The van der Waals surface area contributed by atoms with Gasteiger partial charge in [0.25, 0.3) is 6.29 Å². The quantitative estimate of drug-likeness (QED) is 0.235. The number of hydrogen-bond acceptors (Lipinski definition) is 7. The zero-order chi connectivity index (χ0) is 17.5. The number of aliphatic hydroxyl groups is 1. The van der Waals surface area contributed by atoms with Gasteiger partial charge in [-0.1, -0.05) is 24.8 Å². The Labute approximate surface area is 141 Å². The second-order valence-corrected chi connectivity index (χ2v) is 4.52. The molecule has 0 fully saturated rings. The van der Waals surface area contributed by atoms with Gasteiger partial charge in [-0.25, -0.2) is 4.79 Å². The van der Waals surface area contributed by atoms with E-state index in [9.17, 15) is 4.79 Å². The molecule has 0 amide bonds. The molecule has 0 bridgehead atoms. The minimum Gasteiger partial charge on any atom is -0.452 e. The summed E-state index contributed by atoms with van der Waals surface area (Å²) in [4.78, 5) is 11.3. The largest absolute Gasteiger partial charge is 0.452 e. The maximum atomic E-state index is 11.3. The summed E-state index contributed by atoms with van der Waals surface area (Å²) in [6.45, 7) is 5.24. The third kappa shape index (κ3) is 9.96. The highest BCUT2D eigenvalue weighted by atomic mass is 16.7. The van der Waals surface area contributed by atoms with Gasteiger partial charge in [0.1, 0.15) is 12.4 Å². The van der Waals surface area contributed by atoms with Crippen LogP contribution in [0, 0.1) is 0 Å². The number of ether oxygens (including phenoxy) is 5. The zero-order valence-corrected chi connectivity index (χ0v) is 13.6. The number of carbonyl (C=O) groups is 1. The molecule has 0 spiro atoms. The van der Waals surface area contributed by atoms with Crippen molar-refractivity contribution in [3.8, 4) is 5.75 Å². The van der Waals surface area contributed by atoms with Crippen LogP contribution in [-0.4, -0.2) is 63.6 Å². The Morgan fingerprint density at radius 3 is 2.29 bits per heavy atom. The van der Waals surface area contributed by atoms with Crippen molar-refractivity contribution in [3.05, 3.63) is 43.0 Å². The molecule has 1 aromatic rings. The van der Waals surface area contributed by atoms with Gasteiger partial charge < -0.3 is 28.8 Å². The summed E-state index contributed by atoms with van der Waals surface area (Å²) in [7, 11) is 0. The standard InChI is InChI=1S/C17H24O7/c1-2-16(19)24-17(23-15-6-4-3-5-7-15)14-22-13-12-21-11-10-20-9-8-18/h2-7,17-18H,1,8-14H2. The van der Waals surface area contributed by atoms with E-state index < -0.39 is 12.3 Å². The Morgan fingerprint density at radius 1 is 1.04 bits per heavy atom. The van der Waals surface area contributed by atoms with Crippen molar-refractivity contribution < 1.29 is 33.6 Å². The van der Waals surface area contributed by atoms with Crippen LogP contribution in [-0.2, 0) is 23.7 Å². The van der Waals surface area contributed by atoms with E-state index in [-0.39, 0.29) is 13.2 Å². The number of carbonyl (C=O) groups excluding carboxylic acids is 1. The van der Waals surface area contributed by atoms with E-state index in [1.165, 1.54) is 0 Å². The minimum atomic E-state index is -0.870. The third-order valence-electron chi connectivity index (χ3n) is 2.66. The van der Waals surface area contributed by atoms with Crippen LogP contribution < -0.4 is 4.74 Å². The highest BCUT2D eigenvalue weighted by molar-refractivity contribution is 5.81. The third-order valence-corrected chi connectivity index (χ3v) is 2.66. The second kappa shape index (κ2) is 13.5. The van der Waals surface area contributed by atoms with Crippen molar-refractivity contribution in [2.45, 2.75) is 6.29 Å². The van der Waals surface area contributed by atoms with E-state index >= 15 is 0 Å². The van der Waals surface area contributed by atoms with Crippen LogP contribution in [0.1, 0.15) is 0 Å². The molecule has 0 saturated heterocycles. The molecule has 0 aliphatic heterocycles. The monoisotopic (exact) mass is 340 g/mol. The molecule has 0 aliphatic rings. The van der Waals surface area contributed by atoms with Gasteiger partial charge in [0.15, 0.2) is 0 Å². The zero-order valence-electron chi connectivity index (χ0n) is 13.6. The molecule has 1 unspecified atom stereocenters. The topological polar surface area (TPSA) is 83.5 Å². The Morgan fingerprint density at radius 2 is 1.67 bits per heavy atom. The molecule has 0 heterocycles. The van der Waals surface area contributed by atoms with Crippen LogP contribution >= 0.6 is 0 Å². The molecule has 134 valence electrons. The number of esters is 1. The average Bonchev–Trinajstić information content (AvgIpc) is 2.61. The van der Waals surface area contributed by atoms with Crippen molar-refractivity contribution in [2.75, 3.05) is 46.2 Å². The lowest BCUT2D eigenvalue weighted by Crippen LogP contribution is -2.29. The Bertz CT molecular complexity index is 450. The first-order chi connectivity index (χ1) is 11.8. The smallest absolute Gasteiger partial charge is 0.333 e. The van der Waals surface area contributed by atoms with E-state index in [4.69, 9.17) is 28.8 Å². The van der Waals surface area contributed by atoms with E-state index in [0.717, 1.165) is 6.08 Å². The molecular weight excluding hydrogens is 316 g/mol. The van der Waals surface area contributed by atoms with Crippen LogP contribution in [0.2, 0.25) is 0 Å². The fourth-order valence-electron chi connectivity index (χ4n) is 1.60. The predicted octanol–water partition coefficient (Wildman–Crippen LogP) is 1.16. The fourth-order valence-corrected chi connectivity index (χ4v) is 1.60. The maximum Gasteiger partial charge on any atom is 0.333 e. The molecule has 1 rings (SSSR count). The van der Waals surface area contributed by atoms with Crippen molar-refractivity contribution in [3.63, 3.8) is 0 Å².